The highest BCUT2D eigenvalue weighted by atomic mass is 16.6. The SMILES string of the molecule is c1cc(NCCCC2CO2)no1. The maximum absolute atomic E-state index is 5.08. The van der Waals surface area contributed by atoms with Crippen molar-refractivity contribution in [1.82, 2.24) is 5.16 Å². The van der Waals surface area contributed by atoms with E-state index in [1.165, 1.54) is 0 Å². The lowest BCUT2D eigenvalue weighted by molar-refractivity contribution is 0.393. The third-order valence-electron chi connectivity index (χ3n) is 1.85. The molecule has 0 radical (unpaired) electrons. The van der Waals surface area contributed by atoms with Gasteiger partial charge in [-0.2, -0.15) is 0 Å². The first-order valence-corrected chi connectivity index (χ1v) is 4.21. The molecule has 1 unspecified atom stereocenters. The molecule has 1 aliphatic heterocycles. The highest BCUT2D eigenvalue weighted by Gasteiger charge is 2.20. The minimum Gasteiger partial charge on any atom is -0.373 e. The van der Waals surface area contributed by atoms with Gasteiger partial charge in [0.2, 0.25) is 0 Å². The van der Waals surface area contributed by atoms with E-state index in [0.29, 0.717) is 6.10 Å². The van der Waals surface area contributed by atoms with Crippen LogP contribution in [-0.4, -0.2) is 24.4 Å². The third kappa shape index (κ3) is 2.23. The van der Waals surface area contributed by atoms with Crippen LogP contribution in [0.2, 0.25) is 0 Å². The van der Waals surface area contributed by atoms with Crippen LogP contribution in [0.5, 0.6) is 0 Å². The Morgan fingerprint density at radius 3 is 3.25 bits per heavy atom. The topological polar surface area (TPSA) is 50.6 Å². The minimum absolute atomic E-state index is 0.532. The van der Waals surface area contributed by atoms with E-state index in [-0.39, 0.29) is 0 Å². The molecule has 0 amide bonds. The van der Waals surface area contributed by atoms with Crippen LogP contribution >= 0.6 is 0 Å². The molecule has 1 saturated heterocycles. The lowest BCUT2D eigenvalue weighted by Crippen LogP contribution is -2.02. The predicted octanol–water partition coefficient (Wildman–Crippen LogP) is 1.27. The molecule has 4 nitrogen and oxygen atoms in total. The van der Waals surface area contributed by atoms with E-state index < -0.39 is 0 Å². The molecule has 1 aromatic heterocycles. The van der Waals surface area contributed by atoms with Crippen molar-refractivity contribution in [2.75, 3.05) is 18.5 Å². The summed E-state index contributed by atoms with van der Waals surface area (Å²) in [5.74, 6) is 0.812. The summed E-state index contributed by atoms with van der Waals surface area (Å²) in [4.78, 5) is 0. The van der Waals surface area contributed by atoms with Gasteiger partial charge in [-0.25, -0.2) is 0 Å². The van der Waals surface area contributed by atoms with Crippen molar-refractivity contribution in [2.24, 2.45) is 0 Å². The molecule has 1 aliphatic rings. The van der Waals surface area contributed by atoms with Gasteiger partial charge < -0.3 is 14.6 Å². The molecule has 1 fully saturated rings. The summed E-state index contributed by atoms with van der Waals surface area (Å²) in [7, 11) is 0. The monoisotopic (exact) mass is 168 g/mol. The van der Waals surface area contributed by atoms with Gasteiger partial charge in [-0.05, 0) is 12.8 Å². The molecule has 12 heavy (non-hydrogen) atoms. The van der Waals surface area contributed by atoms with Crippen LogP contribution in [0.15, 0.2) is 16.9 Å². The first kappa shape index (κ1) is 7.61. The van der Waals surface area contributed by atoms with E-state index in [0.717, 1.165) is 31.8 Å². The lowest BCUT2D eigenvalue weighted by atomic mass is 10.2. The van der Waals surface area contributed by atoms with Crippen molar-refractivity contribution in [3.63, 3.8) is 0 Å². The standard InChI is InChI=1S/C8H12N2O2/c1(2-7-6-11-7)4-9-8-3-5-12-10-8/h3,5,7H,1-2,4,6H2,(H,9,10). The van der Waals surface area contributed by atoms with E-state index in [1.54, 1.807) is 6.26 Å². The van der Waals surface area contributed by atoms with Gasteiger partial charge in [-0.1, -0.05) is 5.16 Å². The van der Waals surface area contributed by atoms with Crippen LogP contribution in [0.3, 0.4) is 0 Å². The van der Waals surface area contributed by atoms with Crippen molar-refractivity contribution < 1.29 is 9.26 Å². The van der Waals surface area contributed by atoms with Crippen LogP contribution in [0.1, 0.15) is 12.8 Å². The summed E-state index contributed by atoms with van der Waals surface area (Å²) in [6.45, 7) is 1.89. The second-order valence-electron chi connectivity index (χ2n) is 2.91. The molecule has 2 heterocycles. The molecule has 1 N–H and O–H groups in total. The Bertz CT molecular complexity index is 219. The molecule has 2 rings (SSSR count). The summed E-state index contributed by atoms with van der Waals surface area (Å²) in [5, 5.41) is 6.88. The molecular formula is C8H12N2O2. The fraction of sp³-hybridized carbons (Fsp3) is 0.625. The van der Waals surface area contributed by atoms with E-state index in [4.69, 9.17) is 4.74 Å². The summed E-state index contributed by atoms with van der Waals surface area (Å²) in [5.41, 5.74) is 0. The molecular weight excluding hydrogens is 156 g/mol. The summed E-state index contributed by atoms with van der Waals surface area (Å²) in [6, 6.07) is 1.81. The summed E-state index contributed by atoms with van der Waals surface area (Å²) < 4.78 is 9.75. The average Bonchev–Trinajstić information content (AvgIpc) is 2.76. The Balaban J connectivity index is 1.56. The summed E-state index contributed by atoms with van der Waals surface area (Å²) in [6.07, 6.45) is 4.36. The lowest BCUT2D eigenvalue weighted by Gasteiger charge is -1.99. The normalized spacial score (nSPS) is 20.8. The van der Waals surface area contributed by atoms with E-state index >= 15 is 0 Å². The molecule has 0 aromatic carbocycles. The first-order valence-electron chi connectivity index (χ1n) is 4.21. The number of hydrogen-bond acceptors (Lipinski definition) is 4. The minimum atomic E-state index is 0.532. The van der Waals surface area contributed by atoms with Gasteiger partial charge >= 0.3 is 0 Å². The van der Waals surface area contributed by atoms with E-state index in [1.807, 2.05) is 6.07 Å². The zero-order chi connectivity index (χ0) is 8.23. The van der Waals surface area contributed by atoms with E-state index in [2.05, 4.69) is 15.0 Å². The molecule has 0 bridgehead atoms. The van der Waals surface area contributed by atoms with Crippen molar-refractivity contribution >= 4 is 5.82 Å². The Kier molecular flexibility index (Phi) is 2.27. The zero-order valence-corrected chi connectivity index (χ0v) is 6.82. The molecule has 1 aromatic rings. The van der Waals surface area contributed by atoms with Gasteiger partial charge in [0.25, 0.3) is 0 Å². The Morgan fingerprint density at radius 2 is 2.58 bits per heavy atom. The fourth-order valence-electron chi connectivity index (χ4n) is 1.08. The Hall–Kier alpha value is -1.03. The van der Waals surface area contributed by atoms with Crippen LogP contribution in [0.25, 0.3) is 0 Å². The molecule has 0 saturated carbocycles. The van der Waals surface area contributed by atoms with Crippen molar-refractivity contribution in [1.29, 1.82) is 0 Å². The molecule has 0 aliphatic carbocycles. The highest BCUT2D eigenvalue weighted by molar-refractivity contribution is 5.30. The third-order valence-corrected chi connectivity index (χ3v) is 1.85. The van der Waals surface area contributed by atoms with Gasteiger partial charge in [0.15, 0.2) is 5.82 Å². The number of nitrogens with one attached hydrogen (secondary N) is 1. The van der Waals surface area contributed by atoms with Gasteiger partial charge in [0.05, 0.1) is 12.7 Å². The molecule has 1 atom stereocenters. The fourth-order valence-corrected chi connectivity index (χ4v) is 1.08. The molecule has 66 valence electrons. The van der Waals surface area contributed by atoms with Crippen LogP contribution in [-0.2, 0) is 4.74 Å². The quantitative estimate of drug-likeness (QED) is 0.531. The number of anilines is 1. The second-order valence-corrected chi connectivity index (χ2v) is 2.91. The maximum Gasteiger partial charge on any atom is 0.169 e. The highest BCUT2D eigenvalue weighted by Crippen LogP contribution is 2.15. The number of aromatic nitrogens is 1. The molecule has 4 heteroatoms. The number of ether oxygens (including phenoxy) is 1. The average molecular weight is 168 g/mol. The number of epoxide rings is 1. The summed E-state index contributed by atoms with van der Waals surface area (Å²) >= 11 is 0. The number of hydrogen-bond donors (Lipinski definition) is 1. The Labute approximate surface area is 70.9 Å². The van der Waals surface area contributed by atoms with Crippen LogP contribution in [0, 0.1) is 0 Å². The van der Waals surface area contributed by atoms with Gasteiger partial charge in [-0.3, -0.25) is 0 Å². The predicted molar refractivity (Wildman–Crippen MR) is 44.0 cm³/mol. The van der Waals surface area contributed by atoms with E-state index in [9.17, 15) is 0 Å². The van der Waals surface area contributed by atoms with Gasteiger partial charge in [-0.15, -0.1) is 0 Å². The Morgan fingerprint density at radius 1 is 1.67 bits per heavy atom. The van der Waals surface area contributed by atoms with Crippen LogP contribution < -0.4 is 5.32 Å². The van der Waals surface area contributed by atoms with Gasteiger partial charge in [0.1, 0.15) is 6.26 Å². The number of rotatable bonds is 5. The smallest absolute Gasteiger partial charge is 0.169 e. The van der Waals surface area contributed by atoms with Crippen molar-refractivity contribution in [3.8, 4) is 0 Å². The first-order chi connectivity index (χ1) is 5.95. The van der Waals surface area contributed by atoms with Crippen molar-refractivity contribution in [2.45, 2.75) is 18.9 Å². The second kappa shape index (κ2) is 3.58. The van der Waals surface area contributed by atoms with Gasteiger partial charge in [0, 0.05) is 12.6 Å². The maximum atomic E-state index is 5.08. The molecule has 0 spiro atoms. The largest absolute Gasteiger partial charge is 0.373 e. The number of nitrogens with zero attached hydrogens (tertiary/aromatic N) is 1. The van der Waals surface area contributed by atoms with Crippen molar-refractivity contribution in [3.05, 3.63) is 12.3 Å². The zero-order valence-electron chi connectivity index (χ0n) is 6.82. The van der Waals surface area contributed by atoms with Crippen LogP contribution in [0.4, 0.5) is 5.82 Å².